The van der Waals surface area contributed by atoms with Crippen LogP contribution < -0.4 is 26.2 Å². The van der Waals surface area contributed by atoms with Crippen LogP contribution in [0.1, 0.15) is 67.2 Å². The van der Waals surface area contributed by atoms with E-state index in [1.807, 2.05) is 0 Å². The first-order valence-corrected chi connectivity index (χ1v) is 12.7. The second-order valence-corrected chi connectivity index (χ2v) is 9.40. The molecule has 0 unspecified atom stereocenters. The molecule has 0 radical (unpaired) electrons. The van der Waals surface area contributed by atoms with Crippen molar-refractivity contribution in [1.29, 1.82) is 0 Å². The van der Waals surface area contributed by atoms with Crippen molar-refractivity contribution in [2.24, 2.45) is 5.92 Å². The molecule has 8 nitrogen and oxygen atoms in total. The Morgan fingerprint density at radius 1 is 0.943 bits per heavy atom. The topological polar surface area (TPSA) is 109 Å². The number of benzene rings is 2. The van der Waals surface area contributed by atoms with E-state index in [1.165, 1.54) is 12.8 Å². The number of unbranched alkanes of at least 4 members (excludes halogenated alkanes) is 3. The summed E-state index contributed by atoms with van der Waals surface area (Å²) in [7, 11) is 0. The smallest absolute Gasteiger partial charge is 0.269 e. The molecule has 0 aliphatic rings. The summed E-state index contributed by atoms with van der Waals surface area (Å²) in [5.41, 5.74) is 6.26. The summed E-state index contributed by atoms with van der Waals surface area (Å²) in [4.78, 5) is 36.6. The zero-order valence-corrected chi connectivity index (χ0v) is 22.5. The van der Waals surface area contributed by atoms with Crippen LogP contribution in [0.25, 0.3) is 0 Å². The summed E-state index contributed by atoms with van der Waals surface area (Å²) in [6.45, 7) is 6.37. The van der Waals surface area contributed by atoms with Gasteiger partial charge in [0.15, 0.2) is 5.11 Å². The Hall–Kier alpha value is -2.98. The molecule has 2 aromatic rings. The van der Waals surface area contributed by atoms with Crippen LogP contribution in [0.15, 0.2) is 46.9 Å². The largest absolute Gasteiger partial charge is 0.492 e. The van der Waals surface area contributed by atoms with Crippen molar-refractivity contribution < 1.29 is 19.1 Å². The van der Waals surface area contributed by atoms with Gasteiger partial charge in [-0.1, -0.05) is 40.0 Å². The molecular formula is C25H31BrN4O4S. The Bertz CT molecular complexity index is 1040. The number of anilines is 1. The molecule has 3 amide bonds. The molecule has 0 aliphatic carbocycles. The van der Waals surface area contributed by atoms with E-state index < -0.39 is 11.8 Å². The van der Waals surface area contributed by atoms with Crippen molar-refractivity contribution in [2.45, 2.75) is 46.5 Å². The Morgan fingerprint density at radius 2 is 1.63 bits per heavy atom. The fourth-order valence-electron chi connectivity index (χ4n) is 2.85. The van der Waals surface area contributed by atoms with E-state index in [0.717, 1.165) is 12.8 Å². The van der Waals surface area contributed by atoms with Gasteiger partial charge in [0.1, 0.15) is 5.75 Å². The first-order chi connectivity index (χ1) is 16.7. The maximum Gasteiger partial charge on any atom is 0.269 e. The first kappa shape index (κ1) is 28.3. The fraction of sp³-hybridized carbons (Fsp3) is 0.360. The van der Waals surface area contributed by atoms with E-state index in [9.17, 15) is 14.4 Å². The van der Waals surface area contributed by atoms with Crippen molar-refractivity contribution in [3.63, 3.8) is 0 Å². The van der Waals surface area contributed by atoms with E-state index >= 15 is 0 Å². The van der Waals surface area contributed by atoms with Gasteiger partial charge < -0.3 is 10.1 Å². The number of ether oxygens (including phenoxy) is 1. The average molecular weight is 564 g/mol. The predicted molar refractivity (Wildman–Crippen MR) is 144 cm³/mol. The highest BCUT2D eigenvalue weighted by atomic mass is 79.9. The minimum absolute atomic E-state index is 0.0588. The van der Waals surface area contributed by atoms with Crippen molar-refractivity contribution in [3.05, 3.63) is 58.1 Å². The number of carbonyl (C=O) groups excluding carboxylic acids is 3. The predicted octanol–water partition coefficient (Wildman–Crippen LogP) is 4.95. The van der Waals surface area contributed by atoms with Gasteiger partial charge >= 0.3 is 0 Å². The molecule has 0 heterocycles. The number of hydrogen-bond acceptors (Lipinski definition) is 5. The number of hydrazine groups is 1. The molecule has 0 fully saturated rings. The van der Waals surface area contributed by atoms with Crippen molar-refractivity contribution >= 4 is 56.7 Å². The highest BCUT2D eigenvalue weighted by Crippen LogP contribution is 2.26. The van der Waals surface area contributed by atoms with Gasteiger partial charge in [0, 0.05) is 22.7 Å². The van der Waals surface area contributed by atoms with Crippen LogP contribution in [0.2, 0.25) is 0 Å². The quantitative estimate of drug-likeness (QED) is 0.185. The zero-order chi connectivity index (χ0) is 25.8. The maximum absolute atomic E-state index is 12.5. The van der Waals surface area contributed by atoms with E-state index in [1.54, 1.807) is 56.3 Å². The molecule has 10 heteroatoms. The van der Waals surface area contributed by atoms with Gasteiger partial charge in [0.05, 0.1) is 11.1 Å². The second kappa shape index (κ2) is 14.4. The summed E-state index contributed by atoms with van der Waals surface area (Å²) < 4.78 is 6.43. The molecule has 2 aromatic carbocycles. The van der Waals surface area contributed by atoms with Gasteiger partial charge in [-0.2, -0.15) is 0 Å². The van der Waals surface area contributed by atoms with Crippen LogP contribution in [0.5, 0.6) is 5.75 Å². The van der Waals surface area contributed by atoms with E-state index in [2.05, 4.69) is 44.3 Å². The molecule has 188 valence electrons. The fourth-order valence-corrected chi connectivity index (χ4v) is 3.49. The molecule has 0 saturated heterocycles. The van der Waals surface area contributed by atoms with Gasteiger partial charge in [-0.05, 0) is 77.0 Å². The number of rotatable bonds is 10. The van der Waals surface area contributed by atoms with Crippen molar-refractivity contribution in [1.82, 2.24) is 16.2 Å². The molecule has 2 rings (SSSR count). The lowest BCUT2D eigenvalue weighted by atomic mass is 10.1. The zero-order valence-electron chi connectivity index (χ0n) is 20.1. The molecule has 35 heavy (non-hydrogen) atoms. The van der Waals surface area contributed by atoms with E-state index in [-0.39, 0.29) is 16.9 Å². The van der Waals surface area contributed by atoms with Crippen LogP contribution in [0.4, 0.5) is 5.69 Å². The highest BCUT2D eigenvalue weighted by Gasteiger charge is 2.13. The monoisotopic (exact) mass is 562 g/mol. The second-order valence-electron chi connectivity index (χ2n) is 8.14. The Kier molecular flexibility index (Phi) is 11.6. The van der Waals surface area contributed by atoms with Crippen LogP contribution in [-0.2, 0) is 4.79 Å². The molecule has 4 N–H and O–H groups in total. The minimum atomic E-state index is -0.452. The third kappa shape index (κ3) is 9.65. The Balaban J connectivity index is 1.81. The Labute approximate surface area is 219 Å². The summed E-state index contributed by atoms with van der Waals surface area (Å²) in [5, 5.41) is 5.21. The number of hydrogen-bond donors (Lipinski definition) is 4. The van der Waals surface area contributed by atoms with Gasteiger partial charge in [-0.15, -0.1) is 0 Å². The summed E-state index contributed by atoms with van der Waals surface area (Å²) >= 11 is 8.53. The van der Waals surface area contributed by atoms with Gasteiger partial charge in [-0.25, -0.2) is 0 Å². The number of carbonyl (C=O) groups is 3. The summed E-state index contributed by atoms with van der Waals surface area (Å²) in [5.74, 6) is -0.475. The van der Waals surface area contributed by atoms with Crippen LogP contribution in [0, 0.1) is 5.92 Å². The highest BCUT2D eigenvalue weighted by molar-refractivity contribution is 9.10. The van der Waals surface area contributed by atoms with Gasteiger partial charge in [-0.3, -0.25) is 30.6 Å². The lowest BCUT2D eigenvalue weighted by Crippen LogP contribution is -2.48. The number of amides is 3. The van der Waals surface area contributed by atoms with E-state index in [0.29, 0.717) is 33.6 Å². The normalized spacial score (nSPS) is 10.4. The summed E-state index contributed by atoms with van der Waals surface area (Å²) in [6, 6.07) is 11.4. The molecule has 0 bridgehead atoms. The molecule has 0 spiro atoms. The molecule has 0 aliphatic heterocycles. The molecule has 0 atom stereocenters. The number of nitrogens with one attached hydrogen (secondary N) is 4. The van der Waals surface area contributed by atoms with Crippen molar-refractivity contribution in [2.75, 3.05) is 11.9 Å². The standard InChI is InChI=1S/C25H31BrN4O4S/c1-4-5-6-7-14-34-21-13-10-18(15-20(21)26)23(32)28-25(35)30-29-24(33)17-8-11-19(12-9-17)27-22(31)16(2)3/h8-13,15-16H,4-7,14H2,1-3H3,(H,27,31)(H,29,33)(H2,28,30,32,35). The van der Waals surface area contributed by atoms with Gasteiger partial charge in [0.25, 0.3) is 11.8 Å². The van der Waals surface area contributed by atoms with Gasteiger partial charge in [0.2, 0.25) is 5.91 Å². The third-order valence-corrected chi connectivity index (χ3v) is 5.73. The molecular weight excluding hydrogens is 532 g/mol. The van der Waals surface area contributed by atoms with Crippen molar-refractivity contribution in [3.8, 4) is 5.75 Å². The number of halogens is 1. The summed E-state index contributed by atoms with van der Waals surface area (Å²) in [6.07, 6.45) is 4.45. The maximum atomic E-state index is 12.5. The van der Waals surface area contributed by atoms with Crippen LogP contribution >= 0.6 is 28.1 Å². The first-order valence-electron chi connectivity index (χ1n) is 11.5. The lowest BCUT2D eigenvalue weighted by Gasteiger charge is -2.12. The average Bonchev–Trinajstić information content (AvgIpc) is 2.83. The lowest BCUT2D eigenvalue weighted by molar-refractivity contribution is -0.118. The van der Waals surface area contributed by atoms with Crippen LogP contribution in [-0.4, -0.2) is 29.4 Å². The SMILES string of the molecule is CCCCCCOc1ccc(C(=O)NC(=S)NNC(=O)c2ccc(NC(=O)C(C)C)cc2)cc1Br. The minimum Gasteiger partial charge on any atom is -0.492 e. The Morgan fingerprint density at radius 3 is 2.26 bits per heavy atom. The third-order valence-electron chi connectivity index (χ3n) is 4.91. The molecule has 0 aromatic heterocycles. The van der Waals surface area contributed by atoms with E-state index in [4.69, 9.17) is 17.0 Å². The molecule has 0 saturated carbocycles. The number of thiocarbonyl (C=S) groups is 1. The van der Waals surface area contributed by atoms with Crippen LogP contribution in [0.3, 0.4) is 0 Å².